The van der Waals surface area contributed by atoms with Crippen molar-refractivity contribution >= 4 is 17.6 Å². The van der Waals surface area contributed by atoms with Gasteiger partial charge in [0, 0.05) is 5.69 Å². The van der Waals surface area contributed by atoms with Crippen LogP contribution in [-0.4, -0.2) is 37.5 Å². The fourth-order valence-corrected chi connectivity index (χ4v) is 2.16. The van der Waals surface area contributed by atoms with Crippen LogP contribution in [0.3, 0.4) is 0 Å². The molecule has 0 saturated carbocycles. The second-order valence-corrected chi connectivity index (χ2v) is 5.32. The maximum atomic E-state index is 12.2. The lowest BCUT2D eigenvalue weighted by molar-refractivity contribution is -0.117. The van der Waals surface area contributed by atoms with Gasteiger partial charge >= 0.3 is 5.97 Å². The first-order chi connectivity index (χ1) is 11.0. The third-order valence-corrected chi connectivity index (χ3v) is 3.35. The Hall–Kier alpha value is -2.60. The number of carbonyl (C=O) groups excluding carboxylic acids is 2. The highest BCUT2D eigenvalue weighted by Gasteiger charge is 2.12. The molecule has 23 heavy (non-hydrogen) atoms. The van der Waals surface area contributed by atoms with Crippen molar-refractivity contribution in [2.75, 3.05) is 26.0 Å². The van der Waals surface area contributed by atoms with E-state index in [1.807, 2.05) is 31.0 Å². The van der Waals surface area contributed by atoms with Crippen molar-refractivity contribution in [1.82, 2.24) is 4.90 Å². The Kier molecular flexibility index (Phi) is 5.54. The molecule has 1 amide bonds. The van der Waals surface area contributed by atoms with Crippen molar-refractivity contribution < 1.29 is 18.7 Å². The van der Waals surface area contributed by atoms with Crippen molar-refractivity contribution in [1.29, 1.82) is 0 Å². The number of amides is 1. The van der Waals surface area contributed by atoms with Gasteiger partial charge in [-0.3, -0.25) is 9.69 Å². The second-order valence-electron chi connectivity index (χ2n) is 5.32. The van der Waals surface area contributed by atoms with Gasteiger partial charge in [0.25, 0.3) is 0 Å². The van der Waals surface area contributed by atoms with Crippen molar-refractivity contribution in [2.45, 2.75) is 13.5 Å². The molecule has 0 aliphatic rings. The Labute approximate surface area is 135 Å². The minimum absolute atomic E-state index is 0.163. The van der Waals surface area contributed by atoms with E-state index >= 15 is 0 Å². The van der Waals surface area contributed by atoms with Gasteiger partial charge in [0.15, 0.2) is 0 Å². The Morgan fingerprint density at radius 2 is 2.09 bits per heavy atom. The van der Waals surface area contributed by atoms with E-state index in [1.54, 1.807) is 24.5 Å². The SMILES string of the molecule is COC(=O)c1ccc(C)c(NC(=O)CN(C)Cc2ccco2)c1. The average molecular weight is 316 g/mol. The van der Waals surface area contributed by atoms with Crippen molar-refractivity contribution in [3.8, 4) is 0 Å². The zero-order valence-electron chi connectivity index (χ0n) is 13.5. The maximum absolute atomic E-state index is 12.2. The summed E-state index contributed by atoms with van der Waals surface area (Å²) >= 11 is 0. The standard InChI is InChI=1S/C17H20N2O4/c1-12-6-7-13(17(21)22-3)9-15(12)18-16(20)11-19(2)10-14-5-4-8-23-14/h4-9H,10-11H2,1-3H3,(H,18,20). The van der Waals surface area contributed by atoms with Crippen LogP contribution in [0.15, 0.2) is 41.0 Å². The van der Waals surface area contributed by atoms with Crippen LogP contribution in [0.25, 0.3) is 0 Å². The average Bonchev–Trinajstić information content (AvgIpc) is 3.01. The number of hydrogen-bond donors (Lipinski definition) is 1. The summed E-state index contributed by atoms with van der Waals surface area (Å²) in [6.45, 7) is 2.62. The fraction of sp³-hybridized carbons (Fsp3) is 0.294. The predicted molar refractivity (Wildman–Crippen MR) is 86.2 cm³/mol. The largest absolute Gasteiger partial charge is 0.468 e. The van der Waals surface area contributed by atoms with Crippen LogP contribution in [0.2, 0.25) is 0 Å². The Balaban J connectivity index is 1.98. The summed E-state index contributed by atoms with van der Waals surface area (Å²) in [4.78, 5) is 25.6. The molecule has 0 unspecified atom stereocenters. The normalized spacial score (nSPS) is 10.6. The van der Waals surface area contributed by atoms with Gasteiger partial charge in [-0.05, 0) is 43.8 Å². The van der Waals surface area contributed by atoms with Gasteiger partial charge in [-0.1, -0.05) is 6.07 Å². The maximum Gasteiger partial charge on any atom is 0.337 e. The lowest BCUT2D eigenvalue weighted by Gasteiger charge is -2.16. The van der Waals surface area contributed by atoms with Crippen molar-refractivity contribution in [3.05, 3.63) is 53.5 Å². The number of hydrogen-bond acceptors (Lipinski definition) is 5. The summed E-state index contributed by atoms with van der Waals surface area (Å²) in [6, 6.07) is 8.73. The van der Waals surface area contributed by atoms with Gasteiger partial charge in [-0.2, -0.15) is 0 Å². The van der Waals surface area contributed by atoms with E-state index < -0.39 is 5.97 Å². The number of nitrogens with one attached hydrogen (secondary N) is 1. The van der Waals surface area contributed by atoms with Gasteiger partial charge in [-0.15, -0.1) is 0 Å². The van der Waals surface area contributed by atoms with Gasteiger partial charge in [-0.25, -0.2) is 4.79 Å². The lowest BCUT2D eigenvalue weighted by atomic mass is 10.1. The van der Waals surface area contributed by atoms with Crippen molar-refractivity contribution in [3.63, 3.8) is 0 Å². The molecule has 122 valence electrons. The Morgan fingerprint density at radius 3 is 2.74 bits per heavy atom. The molecule has 1 heterocycles. The van der Waals surface area contributed by atoms with Gasteiger partial charge in [0.05, 0.1) is 32.0 Å². The highest BCUT2D eigenvalue weighted by Crippen LogP contribution is 2.17. The van der Waals surface area contributed by atoms with Crippen LogP contribution in [0.4, 0.5) is 5.69 Å². The molecule has 0 atom stereocenters. The number of furan rings is 1. The van der Waals surface area contributed by atoms with Gasteiger partial charge < -0.3 is 14.5 Å². The second kappa shape index (κ2) is 7.60. The first-order valence-electron chi connectivity index (χ1n) is 7.19. The molecule has 1 aromatic heterocycles. The van der Waals surface area contributed by atoms with E-state index in [2.05, 4.69) is 10.1 Å². The molecule has 0 fully saturated rings. The Morgan fingerprint density at radius 1 is 1.30 bits per heavy atom. The molecule has 0 spiro atoms. The van der Waals surface area contributed by atoms with Crippen molar-refractivity contribution in [2.24, 2.45) is 0 Å². The van der Waals surface area contributed by atoms with E-state index in [9.17, 15) is 9.59 Å². The van der Waals surface area contributed by atoms with E-state index in [-0.39, 0.29) is 12.5 Å². The summed E-state index contributed by atoms with van der Waals surface area (Å²) in [6.07, 6.45) is 1.60. The molecule has 0 aliphatic heterocycles. The number of nitrogens with zero attached hydrogens (tertiary/aromatic N) is 1. The number of aryl methyl sites for hydroxylation is 1. The summed E-state index contributed by atoms with van der Waals surface area (Å²) in [7, 11) is 3.16. The number of benzene rings is 1. The zero-order chi connectivity index (χ0) is 16.8. The number of methoxy groups -OCH3 is 1. The molecule has 1 aromatic carbocycles. The summed E-state index contributed by atoms with van der Waals surface area (Å²) in [5.74, 6) is 0.198. The number of carbonyl (C=O) groups is 2. The number of rotatable bonds is 6. The number of ether oxygens (including phenoxy) is 1. The first kappa shape index (κ1) is 16.8. The highest BCUT2D eigenvalue weighted by molar-refractivity contribution is 5.96. The first-order valence-corrected chi connectivity index (χ1v) is 7.19. The topological polar surface area (TPSA) is 71.8 Å². The molecule has 0 radical (unpaired) electrons. The van der Waals surface area contributed by atoms with Crippen LogP contribution >= 0.6 is 0 Å². The highest BCUT2D eigenvalue weighted by atomic mass is 16.5. The molecular formula is C17H20N2O4. The quantitative estimate of drug-likeness (QED) is 0.829. The number of likely N-dealkylation sites (N-methyl/N-ethyl adjacent to an activating group) is 1. The molecular weight excluding hydrogens is 296 g/mol. The van der Waals surface area contributed by atoms with Crippen LogP contribution < -0.4 is 5.32 Å². The Bertz CT molecular complexity index is 680. The van der Waals surface area contributed by atoms with Crippen LogP contribution in [0, 0.1) is 6.92 Å². The molecule has 6 heteroatoms. The number of esters is 1. The monoisotopic (exact) mass is 316 g/mol. The minimum atomic E-state index is -0.435. The molecule has 1 N–H and O–H groups in total. The van der Waals surface area contributed by atoms with E-state index in [1.165, 1.54) is 7.11 Å². The third kappa shape index (κ3) is 4.69. The number of anilines is 1. The fourth-order valence-electron chi connectivity index (χ4n) is 2.16. The van der Waals surface area contributed by atoms with E-state index in [0.717, 1.165) is 11.3 Å². The zero-order valence-corrected chi connectivity index (χ0v) is 13.5. The lowest BCUT2D eigenvalue weighted by Crippen LogP contribution is -2.30. The van der Waals surface area contributed by atoms with E-state index in [0.29, 0.717) is 17.8 Å². The minimum Gasteiger partial charge on any atom is -0.468 e. The summed E-state index contributed by atoms with van der Waals surface area (Å²) in [5.41, 5.74) is 1.88. The predicted octanol–water partition coefficient (Wildman–Crippen LogP) is 2.45. The smallest absolute Gasteiger partial charge is 0.337 e. The summed E-state index contributed by atoms with van der Waals surface area (Å²) < 4.78 is 9.94. The molecule has 2 rings (SSSR count). The molecule has 0 saturated heterocycles. The third-order valence-electron chi connectivity index (χ3n) is 3.35. The van der Waals surface area contributed by atoms with Gasteiger partial charge in [0.1, 0.15) is 5.76 Å². The van der Waals surface area contributed by atoms with Gasteiger partial charge in [0.2, 0.25) is 5.91 Å². The van der Waals surface area contributed by atoms with Crippen LogP contribution in [-0.2, 0) is 16.1 Å². The summed E-state index contributed by atoms with van der Waals surface area (Å²) in [5, 5.41) is 2.82. The molecule has 2 aromatic rings. The molecule has 6 nitrogen and oxygen atoms in total. The van der Waals surface area contributed by atoms with Crippen LogP contribution in [0.5, 0.6) is 0 Å². The van der Waals surface area contributed by atoms with Crippen LogP contribution in [0.1, 0.15) is 21.7 Å². The molecule has 0 aliphatic carbocycles. The molecule has 0 bridgehead atoms. The van der Waals surface area contributed by atoms with E-state index in [4.69, 9.17) is 4.42 Å².